The van der Waals surface area contributed by atoms with Crippen LogP contribution in [0.15, 0.2) is 55.0 Å². The molecule has 1 atom stereocenters. The second-order valence-electron chi connectivity index (χ2n) is 6.86. The molecular weight excluding hydrogens is 452 g/mol. The molecule has 0 aliphatic heterocycles. The number of thioether (sulfide) groups is 1. The van der Waals surface area contributed by atoms with Crippen LogP contribution in [-0.4, -0.2) is 25.9 Å². The molecule has 0 amide bonds. The van der Waals surface area contributed by atoms with Crippen LogP contribution in [0.5, 0.6) is 0 Å². The fourth-order valence-corrected chi connectivity index (χ4v) is 5.71. The number of nitrogens with one attached hydrogen (secondary N) is 1. The van der Waals surface area contributed by atoms with Gasteiger partial charge in [0.15, 0.2) is 0 Å². The van der Waals surface area contributed by atoms with Crippen molar-refractivity contribution in [2.24, 2.45) is 0 Å². The molecule has 5 rings (SSSR count). The van der Waals surface area contributed by atoms with Crippen molar-refractivity contribution in [3.63, 3.8) is 0 Å². The van der Waals surface area contributed by atoms with E-state index in [-0.39, 0.29) is 10.8 Å². The fourth-order valence-electron chi connectivity index (χ4n) is 3.20. The summed E-state index contributed by atoms with van der Waals surface area (Å²) in [4.78, 5) is 26.6. The van der Waals surface area contributed by atoms with Gasteiger partial charge in [-0.1, -0.05) is 11.2 Å². The van der Waals surface area contributed by atoms with Crippen LogP contribution in [0, 0.1) is 0 Å². The molecule has 5 aromatic heterocycles. The van der Waals surface area contributed by atoms with Crippen LogP contribution >= 0.6 is 34.4 Å². The molecule has 0 saturated heterocycles. The van der Waals surface area contributed by atoms with Gasteiger partial charge in [-0.15, -0.1) is 22.7 Å². The average Bonchev–Trinajstić information content (AvgIpc) is 3.55. The summed E-state index contributed by atoms with van der Waals surface area (Å²) in [5, 5.41) is 8.60. The molecule has 7 nitrogen and oxygen atoms in total. The van der Waals surface area contributed by atoms with Gasteiger partial charge in [-0.25, -0.2) is 4.98 Å². The van der Waals surface area contributed by atoms with Gasteiger partial charge in [0.1, 0.15) is 16.4 Å². The van der Waals surface area contributed by atoms with Gasteiger partial charge in [0, 0.05) is 17.4 Å². The lowest BCUT2D eigenvalue weighted by Gasteiger charge is -2.10. The lowest BCUT2D eigenvalue weighted by Crippen LogP contribution is -2.12. The van der Waals surface area contributed by atoms with Gasteiger partial charge in [-0.05, 0) is 42.7 Å². The van der Waals surface area contributed by atoms with E-state index in [1.54, 1.807) is 29.4 Å². The van der Waals surface area contributed by atoms with E-state index in [1.807, 2.05) is 35.0 Å². The summed E-state index contributed by atoms with van der Waals surface area (Å²) in [6.45, 7) is 2.05. The first-order valence-corrected chi connectivity index (χ1v) is 12.5. The van der Waals surface area contributed by atoms with Gasteiger partial charge in [0.05, 0.1) is 21.8 Å². The van der Waals surface area contributed by atoms with Gasteiger partial charge in [-0.3, -0.25) is 4.79 Å². The Bertz CT molecular complexity index is 1340. The first kappa shape index (κ1) is 20.2. The first-order valence-electron chi connectivity index (χ1n) is 9.72. The van der Waals surface area contributed by atoms with Crippen LogP contribution in [0.3, 0.4) is 0 Å². The summed E-state index contributed by atoms with van der Waals surface area (Å²) in [5.41, 5.74) is 0.652. The highest BCUT2D eigenvalue weighted by Crippen LogP contribution is 2.33. The van der Waals surface area contributed by atoms with Crippen molar-refractivity contribution >= 4 is 44.7 Å². The van der Waals surface area contributed by atoms with Crippen LogP contribution in [-0.2, 0) is 6.42 Å². The Hall–Kier alpha value is -2.69. The van der Waals surface area contributed by atoms with E-state index in [1.165, 1.54) is 11.3 Å². The quantitative estimate of drug-likeness (QED) is 0.287. The predicted octanol–water partition coefficient (Wildman–Crippen LogP) is 5.78. The summed E-state index contributed by atoms with van der Waals surface area (Å²) < 4.78 is 10.8. The van der Waals surface area contributed by atoms with Crippen molar-refractivity contribution in [2.75, 3.05) is 5.75 Å². The Labute approximate surface area is 189 Å². The smallest absolute Gasteiger partial charge is 0.260 e. The highest BCUT2D eigenvalue weighted by Gasteiger charge is 2.17. The van der Waals surface area contributed by atoms with Crippen LogP contribution < -0.4 is 5.56 Å². The zero-order chi connectivity index (χ0) is 21.2. The van der Waals surface area contributed by atoms with Crippen LogP contribution in [0.4, 0.5) is 0 Å². The van der Waals surface area contributed by atoms with Gasteiger partial charge in [0.2, 0.25) is 11.7 Å². The molecule has 0 fully saturated rings. The van der Waals surface area contributed by atoms with Crippen LogP contribution in [0.2, 0.25) is 0 Å². The minimum atomic E-state index is -0.132. The third kappa shape index (κ3) is 4.23. The minimum Gasteiger partial charge on any atom is -0.464 e. The summed E-state index contributed by atoms with van der Waals surface area (Å²) >= 11 is 4.79. The largest absolute Gasteiger partial charge is 0.464 e. The molecule has 0 radical (unpaired) electrons. The zero-order valence-corrected chi connectivity index (χ0v) is 19.0. The van der Waals surface area contributed by atoms with Crippen molar-refractivity contribution in [1.29, 1.82) is 0 Å². The number of aryl methyl sites for hydroxylation is 1. The third-order valence-electron chi connectivity index (χ3n) is 4.75. The number of fused-ring (bicyclic) bond motifs is 1. The Morgan fingerprint density at radius 2 is 2.16 bits per heavy atom. The lowest BCUT2D eigenvalue weighted by atomic mass is 10.2. The molecule has 0 aliphatic rings. The SMILES string of the molecule is C[C@@H](SCCCc1nc(-c2cccs2)no1)c1nc2scc(-c3ccco3)c2c(=O)[nH]1. The highest BCUT2D eigenvalue weighted by atomic mass is 32.2. The number of thiophene rings is 2. The molecule has 0 aromatic carbocycles. The lowest BCUT2D eigenvalue weighted by molar-refractivity contribution is 0.378. The normalized spacial score (nSPS) is 12.5. The maximum absolute atomic E-state index is 12.7. The van der Waals surface area contributed by atoms with Crippen LogP contribution in [0.1, 0.15) is 30.3 Å². The van der Waals surface area contributed by atoms with Gasteiger partial charge < -0.3 is 13.9 Å². The van der Waals surface area contributed by atoms with E-state index in [0.717, 1.165) is 33.9 Å². The molecule has 31 heavy (non-hydrogen) atoms. The molecule has 158 valence electrons. The predicted molar refractivity (Wildman–Crippen MR) is 125 cm³/mol. The van der Waals surface area contributed by atoms with E-state index < -0.39 is 0 Å². The number of aromatic amines is 1. The Balaban J connectivity index is 1.21. The average molecular weight is 471 g/mol. The van der Waals surface area contributed by atoms with Crippen molar-refractivity contribution in [2.45, 2.75) is 25.0 Å². The summed E-state index contributed by atoms with van der Waals surface area (Å²) in [5.74, 6) is 3.55. The first-order chi connectivity index (χ1) is 15.2. The Kier molecular flexibility index (Phi) is 5.75. The number of nitrogens with zero attached hydrogens (tertiary/aromatic N) is 3. The zero-order valence-electron chi connectivity index (χ0n) is 16.5. The van der Waals surface area contributed by atoms with Crippen LogP contribution in [0.25, 0.3) is 32.2 Å². The van der Waals surface area contributed by atoms with Crippen molar-refractivity contribution in [1.82, 2.24) is 20.1 Å². The summed E-state index contributed by atoms with van der Waals surface area (Å²) in [6, 6.07) is 7.61. The van der Waals surface area contributed by atoms with Gasteiger partial charge >= 0.3 is 0 Å². The maximum atomic E-state index is 12.7. The molecule has 0 saturated carbocycles. The van der Waals surface area contributed by atoms with Crippen molar-refractivity contribution in [3.8, 4) is 22.0 Å². The maximum Gasteiger partial charge on any atom is 0.260 e. The van der Waals surface area contributed by atoms with E-state index in [9.17, 15) is 4.79 Å². The molecule has 5 heterocycles. The topological polar surface area (TPSA) is 97.8 Å². The molecular formula is C21H18N4O3S3. The standard InChI is InChI=1S/C21H18N4O3S3/c1-12(29-9-4-7-16-22-19(25-28-16)15-6-3-10-30-15)18-23-20(26)17-13(11-31-21(17)24-18)14-5-2-8-27-14/h2-3,5-6,8,10-12H,4,7,9H2,1H3,(H,23,24,26)/t12-/m1/s1. The second kappa shape index (κ2) is 8.81. The molecule has 10 heteroatoms. The highest BCUT2D eigenvalue weighted by molar-refractivity contribution is 7.99. The molecule has 0 spiro atoms. The minimum absolute atomic E-state index is 0.0654. The van der Waals surface area contributed by atoms with Crippen molar-refractivity contribution in [3.05, 3.63) is 63.4 Å². The second-order valence-corrected chi connectivity index (χ2v) is 10.1. The Morgan fingerprint density at radius 1 is 1.23 bits per heavy atom. The van der Waals surface area contributed by atoms with E-state index >= 15 is 0 Å². The monoisotopic (exact) mass is 470 g/mol. The molecule has 0 bridgehead atoms. The molecule has 5 aromatic rings. The molecule has 1 N–H and O–H groups in total. The third-order valence-corrected chi connectivity index (χ3v) is 7.73. The Morgan fingerprint density at radius 3 is 2.97 bits per heavy atom. The number of furan rings is 1. The number of hydrogen-bond donors (Lipinski definition) is 1. The van der Waals surface area contributed by atoms with E-state index in [4.69, 9.17) is 13.9 Å². The summed E-state index contributed by atoms with van der Waals surface area (Å²) in [6.07, 6.45) is 3.22. The van der Waals surface area contributed by atoms with Crippen molar-refractivity contribution < 1.29 is 8.94 Å². The molecule has 0 aliphatic carbocycles. The van der Waals surface area contributed by atoms with E-state index in [0.29, 0.717) is 28.7 Å². The number of aromatic nitrogens is 4. The number of H-pyrrole nitrogens is 1. The number of rotatable bonds is 8. The van der Waals surface area contributed by atoms with Gasteiger partial charge in [-0.2, -0.15) is 16.7 Å². The summed E-state index contributed by atoms with van der Waals surface area (Å²) in [7, 11) is 0. The van der Waals surface area contributed by atoms with E-state index in [2.05, 4.69) is 22.0 Å². The van der Waals surface area contributed by atoms with Gasteiger partial charge in [0.25, 0.3) is 5.56 Å². The number of hydrogen-bond acceptors (Lipinski definition) is 9. The molecule has 0 unspecified atom stereocenters. The fraction of sp³-hybridized carbons (Fsp3) is 0.238.